The fraction of sp³-hybridized carbons (Fsp3) is 0.471. The van der Waals surface area contributed by atoms with Crippen molar-refractivity contribution in [1.29, 1.82) is 0 Å². The fourth-order valence-electron chi connectivity index (χ4n) is 3.13. The molecule has 0 bridgehead atoms. The van der Waals surface area contributed by atoms with Crippen molar-refractivity contribution in [3.63, 3.8) is 0 Å². The molecule has 1 aliphatic heterocycles. The van der Waals surface area contributed by atoms with E-state index < -0.39 is 0 Å². The Kier molecular flexibility index (Phi) is 4.45. The van der Waals surface area contributed by atoms with Crippen molar-refractivity contribution in [3.8, 4) is 0 Å². The van der Waals surface area contributed by atoms with Gasteiger partial charge in [0.25, 0.3) is 5.56 Å². The lowest BCUT2D eigenvalue weighted by atomic mass is 10.1. The van der Waals surface area contributed by atoms with Crippen LogP contribution in [0.15, 0.2) is 17.2 Å². The maximum absolute atomic E-state index is 12.6. The zero-order valence-corrected chi connectivity index (χ0v) is 15.2. The minimum Gasteiger partial charge on any atom is -0.331 e. The van der Waals surface area contributed by atoms with Crippen LogP contribution >= 0.6 is 11.3 Å². The first-order chi connectivity index (χ1) is 11.4. The molecule has 3 heterocycles. The first kappa shape index (κ1) is 16.7. The predicted octanol–water partition coefficient (Wildman–Crippen LogP) is 2.29. The molecule has 7 heteroatoms. The normalized spacial score (nSPS) is 15.1. The largest absolute Gasteiger partial charge is 0.331 e. The van der Waals surface area contributed by atoms with Gasteiger partial charge in [0.15, 0.2) is 0 Å². The highest BCUT2D eigenvalue weighted by Gasteiger charge is 2.25. The number of hydrogen-bond donors (Lipinski definition) is 1. The standard InChI is InChI=1S/C17H22N4O2S/c1-10-7-14(12(3)24-10)11(2)19-17(23)21-6-5-13-15(8-21)18-9-20(4)16(13)22/h7,9,11H,5-6,8H2,1-4H3,(H,19,23)/t11-/m0/s1. The Bertz CT molecular complexity index is 840. The lowest BCUT2D eigenvalue weighted by molar-refractivity contribution is 0.188. The van der Waals surface area contributed by atoms with E-state index in [0.717, 1.165) is 11.1 Å². The van der Waals surface area contributed by atoms with E-state index in [1.807, 2.05) is 6.92 Å². The van der Waals surface area contributed by atoms with Crippen LogP contribution in [0.2, 0.25) is 0 Å². The molecule has 6 nitrogen and oxygen atoms in total. The van der Waals surface area contributed by atoms with Crippen LogP contribution in [0.4, 0.5) is 4.79 Å². The molecule has 1 atom stereocenters. The number of urea groups is 1. The van der Waals surface area contributed by atoms with E-state index in [1.54, 1.807) is 23.3 Å². The van der Waals surface area contributed by atoms with Crippen molar-refractivity contribution in [3.05, 3.63) is 49.3 Å². The third kappa shape index (κ3) is 3.08. The molecule has 0 unspecified atom stereocenters. The third-order valence-corrected chi connectivity index (χ3v) is 5.44. The zero-order chi connectivity index (χ0) is 17.4. The van der Waals surface area contributed by atoms with Gasteiger partial charge in [0.2, 0.25) is 0 Å². The first-order valence-corrected chi connectivity index (χ1v) is 8.84. The summed E-state index contributed by atoms with van der Waals surface area (Å²) in [5.41, 5.74) is 2.57. The number of nitrogens with one attached hydrogen (secondary N) is 1. The number of rotatable bonds is 2. The van der Waals surface area contributed by atoms with Crippen LogP contribution in [0.5, 0.6) is 0 Å². The Morgan fingerprint density at radius 3 is 2.83 bits per heavy atom. The second-order valence-electron chi connectivity index (χ2n) is 6.30. The van der Waals surface area contributed by atoms with Gasteiger partial charge in [-0.05, 0) is 38.8 Å². The Labute approximate surface area is 145 Å². The molecule has 0 aromatic carbocycles. The molecule has 0 saturated heterocycles. The number of amides is 2. The van der Waals surface area contributed by atoms with Crippen molar-refractivity contribution >= 4 is 17.4 Å². The van der Waals surface area contributed by atoms with Gasteiger partial charge in [-0.25, -0.2) is 9.78 Å². The molecule has 0 radical (unpaired) electrons. The van der Waals surface area contributed by atoms with E-state index in [4.69, 9.17) is 0 Å². The Balaban J connectivity index is 1.71. The van der Waals surface area contributed by atoms with Crippen molar-refractivity contribution in [1.82, 2.24) is 19.8 Å². The van der Waals surface area contributed by atoms with Gasteiger partial charge in [-0.3, -0.25) is 4.79 Å². The summed E-state index contributed by atoms with van der Waals surface area (Å²) in [7, 11) is 1.70. The van der Waals surface area contributed by atoms with Crippen molar-refractivity contribution in [2.24, 2.45) is 7.05 Å². The van der Waals surface area contributed by atoms with Crippen LogP contribution in [0.1, 0.15) is 39.5 Å². The lowest BCUT2D eigenvalue weighted by Gasteiger charge is -2.29. The third-order valence-electron chi connectivity index (χ3n) is 4.46. The van der Waals surface area contributed by atoms with Gasteiger partial charge in [0.05, 0.1) is 24.6 Å². The lowest BCUT2D eigenvalue weighted by Crippen LogP contribution is -2.45. The first-order valence-electron chi connectivity index (χ1n) is 8.02. The molecule has 0 aliphatic carbocycles. The Hall–Kier alpha value is -2.15. The van der Waals surface area contributed by atoms with Crippen molar-refractivity contribution in [2.75, 3.05) is 6.54 Å². The summed E-state index contributed by atoms with van der Waals surface area (Å²) in [4.78, 5) is 33.2. The summed E-state index contributed by atoms with van der Waals surface area (Å²) in [6.45, 7) is 7.06. The van der Waals surface area contributed by atoms with Gasteiger partial charge >= 0.3 is 6.03 Å². The Morgan fingerprint density at radius 1 is 1.42 bits per heavy atom. The zero-order valence-electron chi connectivity index (χ0n) is 14.4. The monoisotopic (exact) mass is 346 g/mol. The molecule has 2 aromatic rings. The van der Waals surface area contributed by atoms with Gasteiger partial charge in [-0.1, -0.05) is 0 Å². The molecular formula is C17H22N4O2S. The molecule has 1 N–H and O–H groups in total. The number of aryl methyl sites for hydroxylation is 3. The number of aromatic nitrogens is 2. The van der Waals surface area contributed by atoms with Gasteiger partial charge < -0.3 is 14.8 Å². The molecular weight excluding hydrogens is 324 g/mol. The van der Waals surface area contributed by atoms with Crippen LogP contribution in [0.25, 0.3) is 0 Å². The molecule has 2 amide bonds. The molecule has 24 heavy (non-hydrogen) atoms. The highest BCUT2D eigenvalue weighted by atomic mass is 32.1. The van der Waals surface area contributed by atoms with Crippen LogP contribution in [-0.2, 0) is 20.0 Å². The van der Waals surface area contributed by atoms with E-state index in [-0.39, 0.29) is 17.6 Å². The molecule has 0 saturated carbocycles. The number of thiophene rings is 1. The van der Waals surface area contributed by atoms with Gasteiger partial charge in [0, 0.05) is 28.9 Å². The molecule has 0 spiro atoms. The SMILES string of the molecule is Cc1cc([C@H](C)NC(=O)N2CCc3c(ncn(C)c3=O)C2)c(C)s1. The number of fused-ring (bicyclic) bond motifs is 1. The van der Waals surface area contributed by atoms with E-state index in [0.29, 0.717) is 25.2 Å². The van der Waals surface area contributed by atoms with E-state index >= 15 is 0 Å². The minimum atomic E-state index is -0.112. The average Bonchev–Trinajstić information content (AvgIpc) is 2.89. The Morgan fingerprint density at radius 2 is 2.17 bits per heavy atom. The molecule has 1 aliphatic rings. The van der Waals surface area contributed by atoms with Gasteiger partial charge in [-0.15, -0.1) is 11.3 Å². The van der Waals surface area contributed by atoms with Crippen LogP contribution in [-0.4, -0.2) is 27.0 Å². The summed E-state index contributed by atoms with van der Waals surface area (Å²) in [5, 5.41) is 3.06. The summed E-state index contributed by atoms with van der Waals surface area (Å²) in [6.07, 6.45) is 2.07. The highest BCUT2D eigenvalue weighted by Crippen LogP contribution is 2.26. The number of nitrogens with zero attached hydrogens (tertiary/aromatic N) is 3. The van der Waals surface area contributed by atoms with Crippen LogP contribution in [0, 0.1) is 13.8 Å². The van der Waals surface area contributed by atoms with Crippen LogP contribution < -0.4 is 10.9 Å². The topological polar surface area (TPSA) is 67.2 Å². The molecule has 3 rings (SSSR count). The number of hydrogen-bond acceptors (Lipinski definition) is 4. The second-order valence-corrected chi connectivity index (χ2v) is 7.76. The van der Waals surface area contributed by atoms with Crippen molar-refractivity contribution < 1.29 is 4.79 Å². The number of carbonyl (C=O) groups is 1. The highest BCUT2D eigenvalue weighted by molar-refractivity contribution is 7.12. The minimum absolute atomic E-state index is 0.0159. The van der Waals surface area contributed by atoms with E-state index in [2.05, 4.69) is 30.2 Å². The quantitative estimate of drug-likeness (QED) is 0.907. The summed E-state index contributed by atoms with van der Waals surface area (Å²) < 4.78 is 1.48. The molecule has 128 valence electrons. The number of carbonyl (C=O) groups excluding carboxylic acids is 1. The summed E-state index contributed by atoms with van der Waals surface area (Å²) >= 11 is 1.74. The summed E-state index contributed by atoms with van der Waals surface area (Å²) in [5.74, 6) is 0. The van der Waals surface area contributed by atoms with E-state index in [9.17, 15) is 9.59 Å². The predicted molar refractivity (Wildman–Crippen MR) is 94.3 cm³/mol. The maximum Gasteiger partial charge on any atom is 0.318 e. The van der Waals surface area contributed by atoms with Gasteiger partial charge in [-0.2, -0.15) is 0 Å². The van der Waals surface area contributed by atoms with Crippen LogP contribution in [0.3, 0.4) is 0 Å². The molecule has 2 aromatic heterocycles. The summed E-state index contributed by atoms with van der Waals surface area (Å²) in [6, 6.07) is 1.97. The van der Waals surface area contributed by atoms with Crippen molar-refractivity contribution in [2.45, 2.75) is 39.8 Å². The second kappa shape index (κ2) is 6.39. The molecule has 0 fully saturated rings. The van der Waals surface area contributed by atoms with Gasteiger partial charge in [0.1, 0.15) is 0 Å². The smallest absolute Gasteiger partial charge is 0.318 e. The average molecular weight is 346 g/mol. The fourth-order valence-corrected chi connectivity index (χ4v) is 4.15. The maximum atomic E-state index is 12.6. The van der Waals surface area contributed by atoms with E-state index in [1.165, 1.54) is 20.6 Å².